The smallest absolute Gasteiger partial charge is 0.407 e. The molecule has 1 aromatic heterocycles. The predicted octanol–water partition coefficient (Wildman–Crippen LogP) is 6.28. The van der Waals surface area contributed by atoms with Crippen molar-refractivity contribution in [3.05, 3.63) is 72.3 Å². The Kier molecular flexibility index (Phi) is 10.4. The minimum Gasteiger partial charge on any atom is -0.496 e. The average Bonchev–Trinajstić information content (AvgIpc) is 3.69. The summed E-state index contributed by atoms with van der Waals surface area (Å²) in [5.41, 5.74) is 1.11. The van der Waals surface area contributed by atoms with E-state index in [0.29, 0.717) is 42.0 Å². The molecule has 0 spiro atoms. The number of carbonyl (C=O) groups is 4. The summed E-state index contributed by atoms with van der Waals surface area (Å²) in [5.74, 6) is -1.34. The number of carboxylic acids is 1. The normalized spacial score (nSPS) is 28.5. The van der Waals surface area contributed by atoms with E-state index in [9.17, 15) is 24.3 Å². The molecule has 2 aromatic carbocycles. The number of aliphatic carboxylic acids is 1. The van der Waals surface area contributed by atoms with Crippen LogP contribution in [0.1, 0.15) is 70.8 Å². The number of pyridine rings is 1. The fourth-order valence-corrected chi connectivity index (χ4v) is 7.74. The van der Waals surface area contributed by atoms with Gasteiger partial charge in [0, 0.05) is 46.4 Å². The number of aromatic nitrogens is 1. The van der Waals surface area contributed by atoms with Gasteiger partial charge in [-0.15, -0.1) is 0 Å². The molecule has 1 saturated carbocycles. The van der Waals surface area contributed by atoms with Gasteiger partial charge in [0.2, 0.25) is 11.8 Å². The largest absolute Gasteiger partial charge is 0.496 e. The van der Waals surface area contributed by atoms with E-state index in [0.717, 1.165) is 35.8 Å². The number of methoxy groups -OCH3 is 1. The third kappa shape index (κ3) is 7.78. The highest BCUT2D eigenvalue weighted by molar-refractivity contribution is 5.96. The number of carboxylic acid groups (broad SMARTS) is 1. The molecule has 5 bridgehead atoms. The van der Waals surface area contributed by atoms with Crippen LogP contribution in [0.2, 0.25) is 0 Å². The summed E-state index contributed by atoms with van der Waals surface area (Å²) in [6.07, 6.45) is 10.8. The van der Waals surface area contributed by atoms with Crippen LogP contribution in [-0.4, -0.2) is 82.9 Å². The number of benzene rings is 2. The quantitative estimate of drug-likeness (QED) is 0.264. The summed E-state index contributed by atoms with van der Waals surface area (Å²) in [6, 6.07) is 13.4. The minimum atomic E-state index is -1.45. The van der Waals surface area contributed by atoms with Crippen LogP contribution in [0.25, 0.3) is 28.2 Å². The van der Waals surface area contributed by atoms with Gasteiger partial charge in [-0.05, 0) is 38.2 Å². The minimum absolute atomic E-state index is 0.0357. The number of ether oxygens (including phenoxy) is 3. The molecule has 4 heterocycles. The zero-order valence-corrected chi connectivity index (χ0v) is 31.0. The lowest BCUT2D eigenvalue weighted by molar-refractivity contribution is -0.145. The SMILES string of the molecule is COc1cc2nc(-c3ccccc3)cc3c2cc1/C=C/CC(C)(C)COC(=O)N[C@H]1CCCCC/C=C\[C@H]2C[C@@]2(C(=O)O)NC(=O)[C@@H]2C[C@H](CN2C1=O)O3. The van der Waals surface area contributed by atoms with Gasteiger partial charge in [-0.1, -0.05) is 81.3 Å². The average molecular weight is 737 g/mol. The zero-order chi connectivity index (χ0) is 38.0. The fourth-order valence-electron chi connectivity index (χ4n) is 7.74. The topological polar surface area (TPSA) is 156 Å². The van der Waals surface area contributed by atoms with Gasteiger partial charge in [-0.3, -0.25) is 9.59 Å². The summed E-state index contributed by atoms with van der Waals surface area (Å²) >= 11 is 0. The van der Waals surface area contributed by atoms with Gasteiger partial charge in [0.05, 0.1) is 31.5 Å². The summed E-state index contributed by atoms with van der Waals surface area (Å²) in [6.45, 7) is 4.12. The zero-order valence-electron chi connectivity index (χ0n) is 31.0. The Labute approximate surface area is 314 Å². The molecule has 0 radical (unpaired) electrons. The first-order valence-corrected chi connectivity index (χ1v) is 18.8. The number of nitrogens with zero attached hydrogens (tertiary/aromatic N) is 2. The van der Waals surface area contributed by atoms with Gasteiger partial charge in [0.1, 0.15) is 35.2 Å². The van der Waals surface area contributed by atoms with Crippen molar-refractivity contribution in [2.45, 2.75) is 88.9 Å². The van der Waals surface area contributed by atoms with E-state index in [-0.39, 0.29) is 31.9 Å². The van der Waals surface area contributed by atoms with Crippen LogP contribution >= 0.6 is 0 Å². The summed E-state index contributed by atoms with van der Waals surface area (Å²) in [5, 5.41) is 16.6. The molecule has 0 unspecified atom stereocenters. The van der Waals surface area contributed by atoms with Gasteiger partial charge < -0.3 is 34.9 Å². The Hall–Kier alpha value is -5.39. The maximum atomic E-state index is 14.5. The number of rotatable bonds is 3. The molecule has 7 rings (SSSR count). The van der Waals surface area contributed by atoms with Gasteiger partial charge in [-0.25, -0.2) is 14.6 Å². The lowest BCUT2D eigenvalue weighted by atomic mass is 9.90. The van der Waals surface area contributed by atoms with Crippen LogP contribution in [-0.2, 0) is 19.1 Å². The van der Waals surface area contributed by atoms with E-state index in [1.165, 1.54) is 4.90 Å². The number of amides is 3. The second kappa shape index (κ2) is 15.2. The van der Waals surface area contributed by atoms with E-state index >= 15 is 0 Å². The Morgan fingerprint density at radius 1 is 1.06 bits per heavy atom. The Morgan fingerprint density at radius 3 is 2.65 bits per heavy atom. The van der Waals surface area contributed by atoms with Crippen LogP contribution < -0.4 is 20.1 Å². The summed E-state index contributed by atoms with van der Waals surface area (Å²) in [7, 11) is 1.61. The molecular weight excluding hydrogens is 688 g/mol. The fraction of sp³-hybridized carbons (Fsp3) is 0.452. The summed E-state index contributed by atoms with van der Waals surface area (Å²) in [4.78, 5) is 61.0. The van der Waals surface area contributed by atoms with Crippen LogP contribution in [0.5, 0.6) is 11.5 Å². The van der Waals surface area contributed by atoms with Gasteiger partial charge in [0.25, 0.3) is 0 Å². The molecule has 12 nitrogen and oxygen atoms in total. The molecule has 1 aliphatic carbocycles. The predicted molar refractivity (Wildman–Crippen MR) is 203 cm³/mol. The molecule has 3 amide bonds. The number of alkyl carbamates (subject to hydrolysis) is 1. The number of hydrogen-bond donors (Lipinski definition) is 3. The third-order valence-corrected chi connectivity index (χ3v) is 11.0. The van der Waals surface area contributed by atoms with Gasteiger partial charge in [-0.2, -0.15) is 0 Å². The molecule has 284 valence electrons. The van der Waals surface area contributed by atoms with Crippen LogP contribution in [0.4, 0.5) is 4.79 Å². The number of nitrogens with one attached hydrogen (secondary N) is 2. The van der Waals surface area contributed by atoms with Crippen LogP contribution in [0.3, 0.4) is 0 Å². The first kappa shape index (κ1) is 36.9. The number of fused-ring (bicyclic) bond motifs is 4. The third-order valence-electron chi connectivity index (χ3n) is 11.0. The highest BCUT2D eigenvalue weighted by Gasteiger charge is 2.61. The second-order valence-corrected chi connectivity index (χ2v) is 15.7. The lowest BCUT2D eigenvalue weighted by Gasteiger charge is -2.30. The van der Waals surface area contributed by atoms with Crippen molar-refractivity contribution in [3.8, 4) is 22.8 Å². The van der Waals surface area contributed by atoms with E-state index in [2.05, 4.69) is 10.6 Å². The van der Waals surface area contributed by atoms with Crippen molar-refractivity contribution < 1.29 is 38.5 Å². The van der Waals surface area contributed by atoms with E-state index in [1.54, 1.807) is 7.11 Å². The number of carbonyl (C=O) groups excluding carboxylic acids is 3. The first-order chi connectivity index (χ1) is 26.0. The van der Waals surface area contributed by atoms with E-state index in [1.807, 2.05) is 86.7 Å². The molecule has 3 aromatic rings. The molecule has 4 aliphatic rings. The van der Waals surface area contributed by atoms with Crippen molar-refractivity contribution in [1.29, 1.82) is 0 Å². The van der Waals surface area contributed by atoms with Crippen LogP contribution in [0, 0.1) is 11.3 Å². The molecule has 1 saturated heterocycles. The second-order valence-electron chi connectivity index (χ2n) is 15.7. The van der Waals surface area contributed by atoms with E-state index in [4.69, 9.17) is 19.2 Å². The van der Waals surface area contributed by atoms with Gasteiger partial charge >= 0.3 is 12.1 Å². The first-order valence-electron chi connectivity index (χ1n) is 18.8. The molecule has 3 N–H and O–H groups in total. The maximum Gasteiger partial charge on any atom is 0.407 e. The maximum absolute atomic E-state index is 14.5. The summed E-state index contributed by atoms with van der Waals surface area (Å²) < 4.78 is 18.3. The van der Waals surface area contributed by atoms with Gasteiger partial charge in [0.15, 0.2) is 0 Å². The van der Waals surface area contributed by atoms with Crippen molar-refractivity contribution in [2.75, 3.05) is 20.3 Å². The van der Waals surface area contributed by atoms with Crippen molar-refractivity contribution in [3.63, 3.8) is 0 Å². The molecule has 54 heavy (non-hydrogen) atoms. The van der Waals surface area contributed by atoms with Crippen molar-refractivity contribution in [2.24, 2.45) is 11.3 Å². The Balaban J connectivity index is 1.33. The highest BCUT2D eigenvalue weighted by Crippen LogP contribution is 2.46. The number of hydrogen-bond acceptors (Lipinski definition) is 8. The Morgan fingerprint density at radius 2 is 1.87 bits per heavy atom. The van der Waals surface area contributed by atoms with E-state index < -0.39 is 53.0 Å². The highest BCUT2D eigenvalue weighted by atomic mass is 16.5. The van der Waals surface area contributed by atoms with Crippen molar-refractivity contribution >= 4 is 40.9 Å². The number of cyclic esters (lactones) is 1. The molecule has 12 heteroatoms. The van der Waals surface area contributed by atoms with Crippen molar-refractivity contribution in [1.82, 2.24) is 20.5 Å². The lowest BCUT2D eigenvalue weighted by Crippen LogP contribution is -2.56. The standard InChI is InChI=1S/C42H48N4O8/c1-41(2)18-12-15-27-19-30-33(22-35(27)52-3)43-32(26-13-8-7-9-14-26)21-36(30)54-29-20-34-37(47)45-42(39(49)50)23-28(42)16-10-5-4-6-11-17-31(38(48)46(34)24-29)44-40(51)53-25-41/h7-10,12-16,19,21-22,28-29,31,34H,4-6,11,17-18,20,23-25H2,1-3H3,(H,44,51)(H,45,47)(H,49,50)/b15-12+,16-10-/t28-,29+,31-,34-,42+/m0/s1. The Bertz CT molecular complexity index is 1990. The monoisotopic (exact) mass is 736 g/mol. The van der Waals surface area contributed by atoms with Crippen LogP contribution in [0.15, 0.2) is 66.8 Å². The number of allylic oxidation sites excluding steroid dienone is 2. The molecule has 2 fully saturated rings. The molecule has 5 atom stereocenters. The molecule has 3 aliphatic heterocycles. The molecular formula is C42H48N4O8.